The van der Waals surface area contributed by atoms with E-state index in [-0.39, 0.29) is 0 Å². The Hall–Kier alpha value is -1.06. The van der Waals surface area contributed by atoms with E-state index in [0.29, 0.717) is 0 Å². The Bertz CT molecular complexity index is 695. The summed E-state index contributed by atoms with van der Waals surface area (Å²) in [6.45, 7) is 8.67. The molecule has 1 saturated carbocycles. The molecule has 1 spiro atoms. The third kappa shape index (κ3) is 5.66. The summed E-state index contributed by atoms with van der Waals surface area (Å²) in [6, 6.07) is 6.93. The predicted octanol–water partition coefficient (Wildman–Crippen LogP) is 5.70. The van der Waals surface area contributed by atoms with E-state index in [1.54, 1.807) is 11.1 Å². The first-order valence-corrected chi connectivity index (χ1v) is 13.5. The summed E-state index contributed by atoms with van der Waals surface area (Å²) in [5.74, 6) is 1.95. The Morgan fingerprint density at radius 1 is 0.839 bits per heavy atom. The second kappa shape index (κ2) is 10.3. The van der Waals surface area contributed by atoms with E-state index in [1.807, 2.05) is 0 Å². The van der Waals surface area contributed by atoms with Crippen molar-refractivity contribution in [3.05, 3.63) is 29.3 Å². The van der Waals surface area contributed by atoms with Crippen molar-refractivity contribution in [1.82, 2.24) is 9.80 Å². The van der Waals surface area contributed by atoms with E-state index >= 15 is 0 Å². The highest BCUT2D eigenvalue weighted by molar-refractivity contribution is 5.37. The number of benzene rings is 1. The average Bonchev–Trinajstić information content (AvgIpc) is 3.32. The van der Waals surface area contributed by atoms with Gasteiger partial charge in [-0.3, -0.25) is 0 Å². The molecule has 172 valence electrons. The Balaban J connectivity index is 1.02. The highest BCUT2D eigenvalue weighted by Crippen LogP contribution is 2.44. The minimum Gasteiger partial charge on any atom is -0.494 e. The molecular formula is C28H44N2O. The fourth-order valence-corrected chi connectivity index (χ4v) is 6.91. The van der Waals surface area contributed by atoms with Crippen LogP contribution >= 0.6 is 0 Å². The molecule has 1 unspecified atom stereocenters. The number of nitrogens with zero attached hydrogens (tertiary/aromatic N) is 2. The molecule has 2 saturated heterocycles. The largest absolute Gasteiger partial charge is 0.494 e. The number of hydrogen-bond donors (Lipinski definition) is 0. The van der Waals surface area contributed by atoms with Gasteiger partial charge >= 0.3 is 0 Å². The lowest BCUT2D eigenvalue weighted by atomic mass is 9.68. The van der Waals surface area contributed by atoms with Crippen LogP contribution in [0.2, 0.25) is 0 Å². The molecular weight excluding hydrogens is 380 g/mol. The van der Waals surface area contributed by atoms with Gasteiger partial charge in [0.2, 0.25) is 0 Å². The van der Waals surface area contributed by atoms with Gasteiger partial charge in [-0.15, -0.1) is 0 Å². The number of likely N-dealkylation sites (tertiary alicyclic amines) is 2. The quantitative estimate of drug-likeness (QED) is 0.522. The lowest BCUT2D eigenvalue weighted by molar-refractivity contribution is 0.0653. The highest BCUT2D eigenvalue weighted by atomic mass is 16.5. The Labute approximate surface area is 190 Å². The summed E-state index contributed by atoms with van der Waals surface area (Å²) < 4.78 is 6.17. The first-order valence-electron chi connectivity index (χ1n) is 13.5. The molecule has 5 rings (SSSR count). The summed E-state index contributed by atoms with van der Waals surface area (Å²) >= 11 is 0. The van der Waals surface area contributed by atoms with Crippen LogP contribution in [0.5, 0.6) is 5.75 Å². The van der Waals surface area contributed by atoms with Crippen molar-refractivity contribution >= 4 is 0 Å². The van der Waals surface area contributed by atoms with Crippen molar-refractivity contribution in [2.45, 2.75) is 83.5 Å². The Morgan fingerprint density at radius 3 is 2.45 bits per heavy atom. The van der Waals surface area contributed by atoms with E-state index in [1.165, 1.54) is 116 Å². The molecule has 0 aromatic heterocycles. The van der Waals surface area contributed by atoms with Crippen LogP contribution in [-0.4, -0.2) is 55.7 Å². The van der Waals surface area contributed by atoms with Crippen LogP contribution in [0.4, 0.5) is 0 Å². The molecule has 1 aromatic carbocycles. The molecule has 0 radical (unpaired) electrons. The van der Waals surface area contributed by atoms with Crippen LogP contribution in [-0.2, 0) is 12.8 Å². The molecule has 4 aliphatic rings. The summed E-state index contributed by atoms with van der Waals surface area (Å²) in [7, 11) is 0. The van der Waals surface area contributed by atoms with Crippen molar-refractivity contribution in [3.63, 3.8) is 0 Å². The highest BCUT2D eigenvalue weighted by Gasteiger charge is 2.35. The van der Waals surface area contributed by atoms with E-state index < -0.39 is 0 Å². The monoisotopic (exact) mass is 424 g/mol. The maximum atomic E-state index is 6.17. The van der Waals surface area contributed by atoms with E-state index in [0.717, 1.165) is 30.1 Å². The average molecular weight is 425 g/mol. The topological polar surface area (TPSA) is 15.7 Å². The van der Waals surface area contributed by atoms with E-state index in [4.69, 9.17) is 4.74 Å². The van der Waals surface area contributed by atoms with Crippen LogP contribution in [0.1, 0.15) is 81.8 Å². The number of rotatable bonds is 7. The van der Waals surface area contributed by atoms with Gasteiger partial charge in [0.05, 0.1) is 6.61 Å². The second-order valence-corrected chi connectivity index (χ2v) is 11.2. The molecule has 2 aliphatic heterocycles. The molecule has 2 aliphatic carbocycles. The first kappa shape index (κ1) is 21.8. The zero-order valence-corrected chi connectivity index (χ0v) is 19.8. The number of piperidine rings is 1. The van der Waals surface area contributed by atoms with Gasteiger partial charge in [-0.25, -0.2) is 0 Å². The Kier molecular flexibility index (Phi) is 7.20. The molecule has 31 heavy (non-hydrogen) atoms. The van der Waals surface area contributed by atoms with Crippen LogP contribution in [0.3, 0.4) is 0 Å². The fourth-order valence-electron chi connectivity index (χ4n) is 6.91. The predicted molar refractivity (Wildman–Crippen MR) is 129 cm³/mol. The van der Waals surface area contributed by atoms with Crippen molar-refractivity contribution < 1.29 is 4.74 Å². The summed E-state index contributed by atoms with van der Waals surface area (Å²) in [5.41, 5.74) is 3.85. The zero-order chi connectivity index (χ0) is 20.9. The molecule has 2 heterocycles. The van der Waals surface area contributed by atoms with E-state index in [2.05, 4.69) is 28.0 Å². The lowest BCUT2D eigenvalue weighted by Gasteiger charge is -2.44. The third-order valence-corrected chi connectivity index (χ3v) is 8.94. The normalized spacial score (nSPS) is 26.8. The van der Waals surface area contributed by atoms with Gasteiger partial charge in [-0.2, -0.15) is 0 Å². The van der Waals surface area contributed by atoms with Crippen LogP contribution in [0.25, 0.3) is 0 Å². The third-order valence-electron chi connectivity index (χ3n) is 8.94. The Morgan fingerprint density at radius 2 is 1.65 bits per heavy atom. The molecule has 0 N–H and O–H groups in total. The van der Waals surface area contributed by atoms with Gasteiger partial charge in [0.1, 0.15) is 5.75 Å². The second-order valence-electron chi connectivity index (χ2n) is 11.2. The molecule has 3 fully saturated rings. The van der Waals surface area contributed by atoms with Crippen molar-refractivity contribution in [2.24, 2.45) is 11.3 Å². The number of ether oxygens (including phenoxy) is 1. The van der Waals surface area contributed by atoms with Crippen molar-refractivity contribution in [1.29, 1.82) is 0 Å². The van der Waals surface area contributed by atoms with Gasteiger partial charge < -0.3 is 14.5 Å². The molecule has 0 bridgehead atoms. The molecule has 3 heteroatoms. The van der Waals surface area contributed by atoms with Gasteiger partial charge in [0, 0.05) is 13.1 Å². The summed E-state index contributed by atoms with van der Waals surface area (Å²) in [6.07, 6.45) is 18.1. The van der Waals surface area contributed by atoms with Crippen molar-refractivity contribution in [2.75, 3.05) is 45.9 Å². The smallest absolute Gasteiger partial charge is 0.119 e. The van der Waals surface area contributed by atoms with Crippen LogP contribution in [0, 0.1) is 11.3 Å². The van der Waals surface area contributed by atoms with Gasteiger partial charge in [0.15, 0.2) is 0 Å². The van der Waals surface area contributed by atoms with Crippen LogP contribution in [0.15, 0.2) is 18.2 Å². The van der Waals surface area contributed by atoms with Gasteiger partial charge in [-0.05, 0) is 125 Å². The van der Waals surface area contributed by atoms with E-state index in [9.17, 15) is 0 Å². The van der Waals surface area contributed by atoms with Crippen LogP contribution < -0.4 is 4.74 Å². The lowest BCUT2D eigenvalue weighted by Crippen LogP contribution is -2.41. The SMILES string of the molecule is c1cc2c(cc1OCCCN1CCC3(CCCCC3)CC1)CCC(CN1CCCC1)C2. The van der Waals surface area contributed by atoms with Gasteiger partial charge in [0.25, 0.3) is 0 Å². The van der Waals surface area contributed by atoms with Crippen molar-refractivity contribution in [3.8, 4) is 5.75 Å². The number of aryl methyl sites for hydroxylation is 1. The maximum absolute atomic E-state index is 6.17. The van der Waals surface area contributed by atoms with Gasteiger partial charge in [-0.1, -0.05) is 25.3 Å². The fraction of sp³-hybridized carbons (Fsp3) is 0.786. The summed E-state index contributed by atoms with van der Waals surface area (Å²) in [4.78, 5) is 5.38. The zero-order valence-electron chi connectivity index (χ0n) is 19.8. The summed E-state index contributed by atoms with van der Waals surface area (Å²) in [5, 5.41) is 0. The number of fused-ring (bicyclic) bond motifs is 1. The standard InChI is InChI=1S/C28H44N2O/c1-2-11-28(12-3-1)13-18-29(19-14-28)17-6-20-31-27-10-9-25-21-24(7-8-26(25)22-27)23-30-15-4-5-16-30/h9-10,22,24H,1-8,11-21,23H2. The molecule has 0 amide bonds. The molecule has 3 nitrogen and oxygen atoms in total. The maximum Gasteiger partial charge on any atom is 0.119 e. The number of hydrogen-bond acceptors (Lipinski definition) is 3. The minimum absolute atomic E-state index is 0.724. The molecule has 1 atom stereocenters. The first-order chi connectivity index (χ1) is 15.3. The minimum atomic E-state index is 0.724. The molecule has 1 aromatic rings.